The highest BCUT2D eigenvalue weighted by molar-refractivity contribution is 9.10. The lowest BCUT2D eigenvalue weighted by atomic mass is 10.1. The van der Waals surface area contributed by atoms with E-state index >= 15 is 0 Å². The van der Waals surface area contributed by atoms with Gasteiger partial charge in [-0.3, -0.25) is 0 Å². The van der Waals surface area contributed by atoms with Crippen molar-refractivity contribution in [3.8, 4) is 5.75 Å². The van der Waals surface area contributed by atoms with Crippen molar-refractivity contribution in [2.24, 2.45) is 0 Å². The molecule has 1 nitrogen and oxygen atoms in total. The highest BCUT2D eigenvalue weighted by Crippen LogP contribution is 2.31. The van der Waals surface area contributed by atoms with Crippen LogP contribution in [0.5, 0.6) is 5.75 Å². The fourth-order valence-electron chi connectivity index (χ4n) is 1.91. The van der Waals surface area contributed by atoms with Crippen molar-refractivity contribution in [1.29, 1.82) is 0 Å². The van der Waals surface area contributed by atoms with Crippen LogP contribution in [0.3, 0.4) is 0 Å². The van der Waals surface area contributed by atoms with E-state index in [0.29, 0.717) is 16.7 Å². The van der Waals surface area contributed by atoms with Gasteiger partial charge < -0.3 is 4.74 Å². The van der Waals surface area contributed by atoms with Crippen LogP contribution in [-0.4, -0.2) is 0 Å². The van der Waals surface area contributed by atoms with Crippen molar-refractivity contribution in [2.75, 3.05) is 0 Å². The lowest BCUT2D eigenvalue weighted by molar-refractivity contribution is 0.302. The van der Waals surface area contributed by atoms with E-state index in [0.717, 1.165) is 32.2 Å². The van der Waals surface area contributed by atoms with Gasteiger partial charge in [0, 0.05) is 31.0 Å². The maximum absolute atomic E-state index is 6.15. The van der Waals surface area contributed by atoms with Crippen LogP contribution in [0.15, 0.2) is 34.8 Å². The molecule has 0 aromatic heterocycles. The predicted molar refractivity (Wildman–Crippen MR) is 92.3 cm³/mol. The number of hydrogen-bond acceptors (Lipinski definition) is 1. The van der Waals surface area contributed by atoms with E-state index < -0.39 is 0 Å². The fourth-order valence-corrected chi connectivity index (χ4v) is 3.31. The minimum Gasteiger partial charge on any atom is -0.488 e. The third kappa shape index (κ3) is 3.91. The van der Waals surface area contributed by atoms with Crippen molar-refractivity contribution in [1.82, 2.24) is 0 Å². The molecule has 2 aromatic rings. The maximum Gasteiger partial charge on any atom is 0.126 e. The van der Waals surface area contributed by atoms with Gasteiger partial charge in [-0.1, -0.05) is 55.1 Å². The van der Waals surface area contributed by atoms with Crippen molar-refractivity contribution >= 4 is 55.1 Å². The summed E-state index contributed by atoms with van der Waals surface area (Å²) in [4.78, 5) is 0. The molecule has 0 spiro atoms. The van der Waals surface area contributed by atoms with Crippen molar-refractivity contribution < 1.29 is 4.74 Å². The second-order valence-electron chi connectivity index (χ2n) is 4.37. The molecule has 0 saturated heterocycles. The first-order valence-electron chi connectivity index (χ1n) is 5.93. The van der Waals surface area contributed by atoms with Crippen LogP contribution in [0.4, 0.5) is 0 Å². The molecule has 2 aromatic carbocycles. The number of ether oxygens (including phenoxy) is 1. The zero-order chi connectivity index (χ0) is 14.7. The van der Waals surface area contributed by atoms with Gasteiger partial charge in [-0.05, 0) is 42.8 Å². The van der Waals surface area contributed by atoms with Gasteiger partial charge in [-0.2, -0.15) is 0 Å². The van der Waals surface area contributed by atoms with Crippen LogP contribution < -0.4 is 4.74 Å². The number of hydrogen-bond donors (Lipinski definition) is 0. The Labute approximate surface area is 145 Å². The molecule has 0 heterocycles. The second-order valence-corrected chi connectivity index (χ2v) is 6.69. The molecule has 0 atom stereocenters. The first kappa shape index (κ1) is 16.2. The molecule has 0 saturated carbocycles. The van der Waals surface area contributed by atoms with E-state index in [1.54, 1.807) is 12.1 Å². The Bertz CT molecular complexity index is 630. The summed E-state index contributed by atoms with van der Waals surface area (Å²) in [6.07, 6.45) is 0. The minimum absolute atomic E-state index is 0.391. The van der Waals surface area contributed by atoms with E-state index in [4.69, 9.17) is 27.9 Å². The summed E-state index contributed by atoms with van der Waals surface area (Å²) in [5.41, 5.74) is 3.05. The molecule has 106 valence electrons. The zero-order valence-corrected chi connectivity index (χ0v) is 15.4. The fraction of sp³-hybridized carbons (Fsp3) is 0.200. The maximum atomic E-state index is 6.15. The third-order valence-corrected chi connectivity index (χ3v) is 4.51. The van der Waals surface area contributed by atoms with Gasteiger partial charge in [-0.25, -0.2) is 0 Å². The van der Waals surface area contributed by atoms with Gasteiger partial charge in [0.25, 0.3) is 0 Å². The quantitative estimate of drug-likeness (QED) is 0.492. The molecule has 2 rings (SSSR count). The van der Waals surface area contributed by atoms with Crippen molar-refractivity contribution in [2.45, 2.75) is 18.9 Å². The highest BCUT2D eigenvalue weighted by atomic mass is 79.9. The summed E-state index contributed by atoms with van der Waals surface area (Å²) in [5, 5.41) is 2.04. The van der Waals surface area contributed by atoms with Crippen LogP contribution in [0.1, 0.15) is 16.7 Å². The van der Waals surface area contributed by atoms with Gasteiger partial charge in [0.1, 0.15) is 12.4 Å². The number of rotatable bonds is 4. The summed E-state index contributed by atoms with van der Waals surface area (Å²) in [6, 6.07) is 9.44. The lowest BCUT2D eigenvalue weighted by Gasteiger charge is -2.14. The first-order valence-corrected chi connectivity index (χ1v) is 8.60. The first-order chi connectivity index (χ1) is 9.51. The summed E-state index contributed by atoms with van der Waals surface area (Å²) < 4.78 is 6.98. The summed E-state index contributed by atoms with van der Waals surface area (Å²) >= 11 is 19.1. The minimum atomic E-state index is 0.391. The Morgan fingerprint density at radius 1 is 1.10 bits per heavy atom. The van der Waals surface area contributed by atoms with Crippen molar-refractivity contribution in [3.63, 3.8) is 0 Å². The van der Waals surface area contributed by atoms with E-state index in [9.17, 15) is 0 Å². The predicted octanol–water partition coefficient (Wildman–Crippen LogP) is 6.54. The van der Waals surface area contributed by atoms with Crippen LogP contribution in [0.25, 0.3) is 0 Å². The standard InChI is InChI=1S/C15H12Br2Cl2O/c1-9-4-12(17)5-10(7-16)15(9)20-8-11-6-13(18)2-3-14(11)19/h2-6H,7-8H2,1H3. The molecule has 0 aliphatic rings. The molecule has 20 heavy (non-hydrogen) atoms. The molecule has 0 radical (unpaired) electrons. The molecular weight excluding hydrogens is 427 g/mol. The monoisotopic (exact) mass is 436 g/mol. The van der Waals surface area contributed by atoms with E-state index in [1.807, 2.05) is 25.1 Å². The largest absolute Gasteiger partial charge is 0.488 e. The zero-order valence-electron chi connectivity index (χ0n) is 10.7. The number of benzene rings is 2. The Balaban J connectivity index is 2.25. The van der Waals surface area contributed by atoms with E-state index in [2.05, 4.69) is 31.9 Å². The molecule has 0 fully saturated rings. The lowest BCUT2D eigenvalue weighted by Crippen LogP contribution is -2.00. The highest BCUT2D eigenvalue weighted by Gasteiger charge is 2.10. The summed E-state index contributed by atoms with van der Waals surface area (Å²) in [5.74, 6) is 0.876. The third-order valence-electron chi connectivity index (χ3n) is 2.84. The van der Waals surface area contributed by atoms with E-state index in [-0.39, 0.29) is 0 Å². The van der Waals surface area contributed by atoms with Gasteiger partial charge in [0.2, 0.25) is 0 Å². The second kappa shape index (κ2) is 7.17. The van der Waals surface area contributed by atoms with Crippen LogP contribution in [-0.2, 0) is 11.9 Å². The Kier molecular flexibility index (Phi) is 5.79. The van der Waals surface area contributed by atoms with Crippen LogP contribution in [0.2, 0.25) is 10.0 Å². The van der Waals surface area contributed by atoms with Gasteiger partial charge in [-0.15, -0.1) is 0 Å². The molecule has 0 amide bonds. The summed E-state index contributed by atoms with van der Waals surface area (Å²) in [7, 11) is 0. The average molecular weight is 439 g/mol. The normalized spacial score (nSPS) is 10.7. The SMILES string of the molecule is Cc1cc(Br)cc(CBr)c1OCc1cc(Cl)ccc1Cl. The number of halogens is 4. The molecule has 0 unspecified atom stereocenters. The Morgan fingerprint density at radius 2 is 1.85 bits per heavy atom. The van der Waals surface area contributed by atoms with Gasteiger partial charge in [0.05, 0.1) is 0 Å². The Morgan fingerprint density at radius 3 is 2.55 bits per heavy atom. The topological polar surface area (TPSA) is 9.23 Å². The number of alkyl halides is 1. The molecule has 0 bridgehead atoms. The number of aryl methyl sites for hydroxylation is 1. The molecule has 0 aliphatic heterocycles. The van der Waals surface area contributed by atoms with Gasteiger partial charge >= 0.3 is 0 Å². The molecule has 0 aliphatic carbocycles. The van der Waals surface area contributed by atoms with Crippen LogP contribution >= 0.6 is 55.1 Å². The van der Waals surface area contributed by atoms with E-state index in [1.165, 1.54) is 0 Å². The molecule has 5 heteroatoms. The smallest absolute Gasteiger partial charge is 0.126 e. The summed E-state index contributed by atoms with van der Waals surface area (Å²) in [6.45, 7) is 2.41. The molecular formula is C15H12Br2Cl2O. The van der Waals surface area contributed by atoms with Gasteiger partial charge in [0.15, 0.2) is 0 Å². The Hall–Kier alpha value is -0.220. The average Bonchev–Trinajstić information content (AvgIpc) is 2.40. The molecule has 0 N–H and O–H groups in total. The van der Waals surface area contributed by atoms with Crippen molar-refractivity contribution in [3.05, 3.63) is 61.5 Å². The van der Waals surface area contributed by atoms with Crippen LogP contribution in [0, 0.1) is 6.92 Å².